The molecule has 0 saturated carbocycles. The lowest BCUT2D eigenvalue weighted by Crippen LogP contribution is -2.05. The number of nitrogens with zero attached hydrogens (tertiary/aromatic N) is 1. The van der Waals surface area contributed by atoms with Crippen LogP contribution in [0.1, 0.15) is 23.6 Å². The first-order valence-corrected chi connectivity index (χ1v) is 6.92. The first-order chi connectivity index (χ1) is 8.70. The van der Waals surface area contributed by atoms with Crippen LogP contribution in [0.5, 0.6) is 0 Å². The molecule has 1 aromatic carbocycles. The lowest BCUT2D eigenvalue weighted by Gasteiger charge is -2.11. The zero-order chi connectivity index (χ0) is 13.0. The SMILES string of the molecule is CCc1ccccc1CNc1ncc(Br)cc1C. The predicted molar refractivity (Wildman–Crippen MR) is 79.8 cm³/mol. The quantitative estimate of drug-likeness (QED) is 0.909. The average Bonchev–Trinajstić information content (AvgIpc) is 2.38. The minimum Gasteiger partial charge on any atom is -0.366 e. The van der Waals surface area contributed by atoms with Crippen LogP contribution in [0.2, 0.25) is 0 Å². The third-order valence-electron chi connectivity index (χ3n) is 2.99. The van der Waals surface area contributed by atoms with Gasteiger partial charge in [-0.25, -0.2) is 4.98 Å². The van der Waals surface area contributed by atoms with Gasteiger partial charge in [-0.3, -0.25) is 0 Å². The van der Waals surface area contributed by atoms with Crippen LogP contribution in [0.15, 0.2) is 41.0 Å². The van der Waals surface area contributed by atoms with E-state index in [1.807, 2.05) is 6.20 Å². The summed E-state index contributed by atoms with van der Waals surface area (Å²) in [5.74, 6) is 0.948. The summed E-state index contributed by atoms with van der Waals surface area (Å²) in [6.07, 6.45) is 2.88. The van der Waals surface area contributed by atoms with Crippen molar-refractivity contribution in [1.82, 2.24) is 4.98 Å². The summed E-state index contributed by atoms with van der Waals surface area (Å²) in [4.78, 5) is 4.39. The Morgan fingerprint density at radius 1 is 1.22 bits per heavy atom. The molecule has 0 aliphatic rings. The van der Waals surface area contributed by atoms with Gasteiger partial charge < -0.3 is 5.32 Å². The molecule has 1 aromatic heterocycles. The number of hydrogen-bond donors (Lipinski definition) is 1. The second-order valence-corrected chi connectivity index (χ2v) is 5.21. The van der Waals surface area contributed by atoms with Crippen LogP contribution >= 0.6 is 15.9 Å². The number of rotatable bonds is 4. The number of aromatic nitrogens is 1. The predicted octanol–water partition coefficient (Wildman–Crippen LogP) is 4.33. The van der Waals surface area contributed by atoms with Gasteiger partial charge in [0.1, 0.15) is 5.82 Å². The average molecular weight is 305 g/mol. The highest BCUT2D eigenvalue weighted by Crippen LogP contribution is 2.18. The van der Waals surface area contributed by atoms with E-state index in [1.165, 1.54) is 11.1 Å². The van der Waals surface area contributed by atoms with Crippen molar-refractivity contribution in [3.8, 4) is 0 Å². The summed E-state index contributed by atoms with van der Waals surface area (Å²) in [5, 5.41) is 3.40. The van der Waals surface area contributed by atoms with Crippen LogP contribution in [0, 0.1) is 6.92 Å². The fourth-order valence-corrected chi connectivity index (χ4v) is 2.43. The number of halogens is 1. The number of anilines is 1. The summed E-state index contributed by atoms with van der Waals surface area (Å²) in [6.45, 7) is 5.06. The smallest absolute Gasteiger partial charge is 0.129 e. The molecule has 2 rings (SSSR count). The summed E-state index contributed by atoms with van der Waals surface area (Å²) in [5.41, 5.74) is 3.88. The molecule has 0 atom stereocenters. The normalized spacial score (nSPS) is 10.4. The number of benzene rings is 1. The maximum atomic E-state index is 4.39. The van der Waals surface area contributed by atoms with E-state index >= 15 is 0 Å². The van der Waals surface area contributed by atoms with Gasteiger partial charge in [0, 0.05) is 17.2 Å². The Hall–Kier alpha value is -1.35. The molecule has 0 unspecified atom stereocenters. The Bertz CT molecular complexity index is 538. The monoisotopic (exact) mass is 304 g/mol. The topological polar surface area (TPSA) is 24.9 Å². The number of aryl methyl sites for hydroxylation is 2. The molecule has 0 fully saturated rings. The van der Waals surface area contributed by atoms with E-state index in [0.29, 0.717) is 0 Å². The highest BCUT2D eigenvalue weighted by atomic mass is 79.9. The van der Waals surface area contributed by atoms with Gasteiger partial charge in [0.15, 0.2) is 0 Å². The molecule has 0 aliphatic carbocycles. The van der Waals surface area contributed by atoms with Crippen molar-refractivity contribution in [2.24, 2.45) is 0 Å². The molecule has 1 N–H and O–H groups in total. The minimum atomic E-state index is 0.819. The second kappa shape index (κ2) is 6.01. The maximum absolute atomic E-state index is 4.39. The lowest BCUT2D eigenvalue weighted by molar-refractivity contribution is 1.03. The van der Waals surface area contributed by atoms with Gasteiger partial charge in [-0.1, -0.05) is 31.2 Å². The van der Waals surface area contributed by atoms with E-state index in [4.69, 9.17) is 0 Å². The van der Waals surface area contributed by atoms with E-state index in [9.17, 15) is 0 Å². The van der Waals surface area contributed by atoms with Crippen LogP contribution in [0.4, 0.5) is 5.82 Å². The van der Waals surface area contributed by atoms with Crippen molar-refractivity contribution in [3.05, 3.63) is 57.7 Å². The Balaban J connectivity index is 2.11. The van der Waals surface area contributed by atoms with Crippen molar-refractivity contribution in [2.75, 3.05) is 5.32 Å². The zero-order valence-electron chi connectivity index (χ0n) is 10.7. The molecule has 1 heterocycles. The number of nitrogens with one attached hydrogen (secondary N) is 1. The molecule has 94 valence electrons. The molecule has 0 amide bonds. The third-order valence-corrected chi connectivity index (χ3v) is 3.42. The Morgan fingerprint density at radius 2 is 1.94 bits per heavy atom. The zero-order valence-corrected chi connectivity index (χ0v) is 12.3. The van der Waals surface area contributed by atoms with Crippen LogP contribution in [-0.2, 0) is 13.0 Å². The number of pyridine rings is 1. The molecule has 0 aliphatic heterocycles. The third kappa shape index (κ3) is 3.10. The molecule has 0 bridgehead atoms. The summed E-state index contributed by atoms with van der Waals surface area (Å²) >= 11 is 3.42. The van der Waals surface area contributed by atoms with Crippen molar-refractivity contribution in [3.63, 3.8) is 0 Å². The fourth-order valence-electron chi connectivity index (χ4n) is 1.98. The van der Waals surface area contributed by atoms with Gasteiger partial charge in [0.2, 0.25) is 0 Å². The van der Waals surface area contributed by atoms with Crippen molar-refractivity contribution in [2.45, 2.75) is 26.8 Å². The summed E-state index contributed by atoms with van der Waals surface area (Å²) in [7, 11) is 0. The van der Waals surface area contributed by atoms with E-state index < -0.39 is 0 Å². The first kappa shape index (κ1) is 13.1. The maximum Gasteiger partial charge on any atom is 0.129 e. The van der Waals surface area contributed by atoms with E-state index in [0.717, 1.165) is 28.8 Å². The van der Waals surface area contributed by atoms with Crippen LogP contribution < -0.4 is 5.32 Å². The van der Waals surface area contributed by atoms with Gasteiger partial charge in [-0.15, -0.1) is 0 Å². The summed E-state index contributed by atoms with van der Waals surface area (Å²) < 4.78 is 1.01. The van der Waals surface area contributed by atoms with Gasteiger partial charge >= 0.3 is 0 Å². The first-order valence-electron chi connectivity index (χ1n) is 6.13. The molecule has 0 spiro atoms. The molecule has 18 heavy (non-hydrogen) atoms. The van der Waals surface area contributed by atoms with Gasteiger partial charge in [-0.2, -0.15) is 0 Å². The Kier molecular flexibility index (Phi) is 4.37. The second-order valence-electron chi connectivity index (χ2n) is 4.29. The lowest BCUT2D eigenvalue weighted by atomic mass is 10.1. The van der Waals surface area contributed by atoms with Crippen LogP contribution in [0.25, 0.3) is 0 Å². The number of hydrogen-bond acceptors (Lipinski definition) is 2. The van der Waals surface area contributed by atoms with Crippen molar-refractivity contribution < 1.29 is 0 Å². The van der Waals surface area contributed by atoms with Crippen LogP contribution in [0.3, 0.4) is 0 Å². The highest BCUT2D eigenvalue weighted by molar-refractivity contribution is 9.10. The standard InChI is InChI=1S/C15H17BrN2/c1-3-12-6-4-5-7-13(12)9-17-15-11(2)8-14(16)10-18-15/h4-8,10H,3,9H2,1-2H3,(H,17,18). The molecule has 0 radical (unpaired) electrons. The van der Waals surface area contributed by atoms with Gasteiger partial charge in [0.25, 0.3) is 0 Å². The van der Waals surface area contributed by atoms with Crippen molar-refractivity contribution in [1.29, 1.82) is 0 Å². The van der Waals surface area contributed by atoms with E-state index in [1.54, 1.807) is 0 Å². The molecule has 0 saturated heterocycles. The minimum absolute atomic E-state index is 0.819. The molecular formula is C15H17BrN2. The van der Waals surface area contributed by atoms with E-state index in [-0.39, 0.29) is 0 Å². The largest absolute Gasteiger partial charge is 0.366 e. The van der Waals surface area contributed by atoms with Gasteiger partial charge in [0.05, 0.1) is 0 Å². The molecular weight excluding hydrogens is 288 g/mol. The molecule has 2 nitrogen and oxygen atoms in total. The van der Waals surface area contributed by atoms with Gasteiger partial charge in [-0.05, 0) is 52.0 Å². The summed E-state index contributed by atoms with van der Waals surface area (Å²) in [6, 6.07) is 10.6. The molecule has 3 heteroatoms. The van der Waals surface area contributed by atoms with E-state index in [2.05, 4.69) is 70.4 Å². The highest BCUT2D eigenvalue weighted by Gasteiger charge is 2.03. The Labute approximate surface area is 117 Å². The van der Waals surface area contributed by atoms with Crippen molar-refractivity contribution >= 4 is 21.7 Å². The fraction of sp³-hybridized carbons (Fsp3) is 0.267. The molecule has 2 aromatic rings. The Morgan fingerprint density at radius 3 is 2.61 bits per heavy atom. The van der Waals surface area contributed by atoms with Crippen LogP contribution in [-0.4, -0.2) is 4.98 Å².